The number of hydrogen-bond donors (Lipinski definition) is 1. The lowest BCUT2D eigenvalue weighted by molar-refractivity contribution is 0.102. The van der Waals surface area contributed by atoms with Crippen molar-refractivity contribution in [3.63, 3.8) is 0 Å². The van der Waals surface area contributed by atoms with Gasteiger partial charge in [0, 0.05) is 12.6 Å². The fourth-order valence-corrected chi connectivity index (χ4v) is 3.20. The van der Waals surface area contributed by atoms with Crippen molar-refractivity contribution in [2.75, 3.05) is 16.8 Å². The molecular formula is C19H22FN3O. The number of aromatic nitrogens is 1. The van der Waals surface area contributed by atoms with Crippen molar-refractivity contribution < 1.29 is 9.18 Å². The zero-order valence-corrected chi connectivity index (χ0v) is 13.8. The highest BCUT2D eigenvalue weighted by Gasteiger charge is 2.21. The monoisotopic (exact) mass is 327 g/mol. The summed E-state index contributed by atoms with van der Waals surface area (Å²) in [5.41, 5.74) is 0.598. The van der Waals surface area contributed by atoms with Crippen molar-refractivity contribution in [1.82, 2.24) is 4.98 Å². The number of pyridine rings is 1. The number of halogens is 1. The Morgan fingerprint density at radius 3 is 2.83 bits per heavy atom. The highest BCUT2D eigenvalue weighted by molar-refractivity contribution is 6.04. The zero-order chi connectivity index (χ0) is 16.9. The van der Waals surface area contributed by atoms with Gasteiger partial charge < -0.3 is 10.2 Å². The van der Waals surface area contributed by atoms with Crippen LogP contribution in [-0.4, -0.2) is 23.5 Å². The molecule has 0 radical (unpaired) electrons. The van der Waals surface area contributed by atoms with Gasteiger partial charge >= 0.3 is 0 Å². The number of carbonyl (C=O) groups excluding carboxylic acids is 1. The van der Waals surface area contributed by atoms with Gasteiger partial charge in [-0.05, 0) is 49.9 Å². The summed E-state index contributed by atoms with van der Waals surface area (Å²) in [6.45, 7) is 3.22. The van der Waals surface area contributed by atoms with Crippen LogP contribution in [-0.2, 0) is 0 Å². The smallest absolute Gasteiger partial charge is 0.258 e. The molecule has 0 spiro atoms. The minimum Gasteiger partial charge on any atom is -0.354 e. The van der Waals surface area contributed by atoms with Crippen LogP contribution in [0.4, 0.5) is 15.9 Å². The lowest BCUT2D eigenvalue weighted by atomic mass is 10.00. The molecule has 2 heterocycles. The summed E-state index contributed by atoms with van der Waals surface area (Å²) in [4.78, 5) is 19.0. The second-order valence-corrected chi connectivity index (χ2v) is 6.09. The Labute approximate surface area is 141 Å². The number of hydrogen-bond acceptors (Lipinski definition) is 3. The molecule has 0 bridgehead atoms. The van der Waals surface area contributed by atoms with Crippen molar-refractivity contribution in [2.24, 2.45) is 0 Å². The first-order valence-electron chi connectivity index (χ1n) is 8.47. The number of nitrogens with zero attached hydrogens (tertiary/aromatic N) is 2. The number of anilines is 2. The first-order chi connectivity index (χ1) is 11.7. The topological polar surface area (TPSA) is 45.2 Å². The second-order valence-electron chi connectivity index (χ2n) is 6.09. The van der Waals surface area contributed by atoms with Gasteiger partial charge in [-0.15, -0.1) is 0 Å². The van der Waals surface area contributed by atoms with E-state index in [-0.39, 0.29) is 5.56 Å². The Morgan fingerprint density at radius 1 is 1.29 bits per heavy atom. The number of rotatable bonds is 4. The van der Waals surface area contributed by atoms with E-state index in [0.29, 0.717) is 11.7 Å². The van der Waals surface area contributed by atoms with Gasteiger partial charge in [0.05, 0.1) is 17.4 Å². The molecule has 1 atom stereocenters. The van der Waals surface area contributed by atoms with Gasteiger partial charge in [-0.3, -0.25) is 4.79 Å². The van der Waals surface area contributed by atoms with Crippen LogP contribution in [0.15, 0.2) is 42.6 Å². The highest BCUT2D eigenvalue weighted by atomic mass is 19.1. The lowest BCUT2D eigenvalue weighted by Crippen LogP contribution is -2.39. The second kappa shape index (κ2) is 7.43. The molecule has 24 heavy (non-hydrogen) atoms. The van der Waals surface area contributed by atoms with Crippen molar-refractivity contribution in [3.8, 4) is 0 Å². The molecule has 1 amide bonds. The van der Waals surface area contributed by atoms with Crippen molar-refractivity contribution in [3.05, 3.63) is 54.0 Å². The SMILES string of the molecule is CCC1CCCCN1c1ccc(NC(=O)c2ccccc2F)cn1. The third kappa shape index (κ3) is 3.55. The van der Waals surface area contributed by atoms with Crippen LogP contribution in [0, 0.1) is 5.82 Å². The Morgan fingerprint density at radius 2 is 2.12 bits per heavy atom. The molecule has 1 aromatic carbocycles. The fraction of sp³-hybridized carbons (Fsp3) is 0.368. The van der Waals surface area contributed by atoms with E-state index in [0.717, 1.165) is 18.8 Å². The van der Waals surface area contributed by atoms with Gasteiger partial charge in [0.1, 0.15) is 11.6 Å². The molecule has 0 saturated carbocycles. The summed E-state index contributed by atoms with van der Waals surface area (Å²) in [6.07, 6.45) is 6.39. The predicted octanol–water partition coefficient (Wildman–Crippen LogP) is 4.24. The lowest BCUT2D eigenvalue weighted by Gasteiger charge is -2.36. The van der Waals surface area contributed by atoms with Crippen LogP contribution in [0.1, 0.15) is 43.0 Å². The summed E-state index contributed by atoms with van der Waals surface area (Å²) in [7, 11) is 0. The highest BCUT2D eigenvalue weighted by Crippen LogP contribution is 2.25. The van der Waals surface area contributed by atoms with Crippen LogP contribution < -0.4 is 10.2 Å². The molecular weight excluding hydrogens is 305 g/mol. The van der Waals surface area contributed by atoms with E-state index < -0.39 is 11.7 Å². The van der Waals surface area contributed by atoms with E-state index in [1.54, 1.807) is 18.3 Å². The fourth-order valence-electron chi connectivity index (χ4n) is 3.20. The van der Waals surface area contributed by atoms with Crippen LogP contribution in [0.3, 0.4) is 0 Å². The van der Waals surface area contributed by atoms with Crippen LogP contribution in [0.5, 0.6) is 0 Å². The summed E-state index contributed by atoms with van der Waals surface area (Å²) in [5.74, 6) is -0.0591. The zero-order valence-electron chi connectivity index (χ0n) is 13.8. The van der Waals surface area contributed by atoms with E-state index in [1.165, 1.54) is 31.4 Å². The molecule has 1 unspecified atom stereocenters. The number of benzene rings is 1. The van der Waals surface area contributed by atoms with Crippen molar-refractivity contribution in [1.29, 1.82) is 0 Å². The van der Waals surface area contributed by atoms with Gasteiger partial charge in [-0.1, -0.05) is 19.1 Å². The normalized spacial score (nSPS) is 17.6. The number of nitrogens with one attached hydrogen (secondary N) is 1. The first-order valence-corrected chi connectivity index (χ1v) is 8.47. The molecule has 1 aliphatic rings. The summed E-state index contributed by atoms with van der Waals surface area (Å²) < 4.78 is 13.6. The van der Waals surface area contributed by atoms with E-state index >= 15 is 0 Å². The maximum Gasteiger partial charge on any atom is 0.258 e. The van der Waals surface area contributed by atoms with E-state index in [2.05, 4.69) is 22.1 Å². The molecule has 1 aromatic heterocycles. The van der Waals surface area contributed by atoms with Crippen LogP contribution in [0.2, 0.25) is 0 Å². The average molecular weight is 327 g/mol. The molecule has 1 N–H and O–H groups in total. The molecule has 0 aliphatic carbocycles. The quantitative estimate of drug-likeness (QED) is 0.913. The summed E-state index contributed by atoms with van der Waals surface area (Å²) in [6, 6.07) is 10.2. The third-order valence-corrected chi connectivity index (χ3v) is 4.52. The standard InChI is InChI=1S/C19H22FN3O/c1-2-15-7-5-6-12-23(15)18-11-10-14(13-21-18)22-19(24)16-8-3-4-9-17(16)20/h3-4,8-11,13,15H,2,5-7,12H2,1H3,(H,22,24). The maximum atomic E-state index is 13.6. The molecule has 126 valence electrons. The van der Waals surface area contributed by atoms with Gasteiger partial charge in [0.15, 0.2) is 0 Å². The number of piperidine rings is 1. The van der Waals surface area contributed by atoms with Gasteiger partial charge in [0.25, 0.3) is 5.91 Å². The molecule has 5 heteroatoms. The third-order valence-electron chi connectivity index (χ3n) is 4.52. The summed E-state index contributed by atoms with van der Waals surface area (Å²) >= 11 is 0. The molecule has 4 nitrogen and oxygen atoms in total. The minimum absolute atomic E-state index is 0.0312. The molecule has 1 fully saturated rings. The van der Waals surface area contributed by atoms with Gasteiger partial charge in [-0.25, -0.2) is 9.37 Å². The Bertz CT molecular complexity index is 702. The van der Waals surface area contributed by atoms with E-state index in [9.17, 15) is 9.18 Å². The molecule has 1 aliphatic heterocycles. The average Bonchev–Trinajstić information content (AvgIpc) is 2.62. The maximum absolute atomic E-state index is 13.6. The molecule has 3 rings (SSSR count). The Hall–Kier alpha value is -2.43. The number of amides is 1. The minimum atomic E-state index is -0.529. The van der Waals surface area contributed by atoms with E-state index in [4.69, 9.17) is 0 Å². The molecule has 1 saturated heterocycles. The van der Waals surface area contributed by atoms with Crippen LogP contribution in [0.25, 0.3) is 0 Å². The Kier molecular flexibility index (Phi) is 5.08. The number of carbonyl (C=O) groups is 1. The van der Waals surface area contributed by atoms with Gasteiger partial charge in [0.2, 0.25) is 0 Å². The van der Waals surface area contributed by atoms with E-state index in [1.807, 2.05) is 12.1 Å². The Balaban J connectivity index is 1.70. The predicted molar refractivity (Wildman–Crippen MR) is 93.9 cm³/mol. The molecule has 2 aromatic rings. The largest absolute Gasteiger partial charge is 0.354 e. The van der Waals surface area contributed by atoms with Crippen molar-refractivity contribution in [2.45, 2.75) is 38.6 Å². The summed E-state index contributed by atoms with van der Waals surface area (Å²) in [5, 5.41) is 2.69. The van der Waals surface area contributed by atoms with Crippen molar-refractivity contribution >= 4 is 17.4 Å². The van der Waals surface area contributed by atoms with Gasteiger partial charge in [-0.2, -0.15) is 0 Å². The van der Waals surface area contributed by atoms with Crippen LogP contribution >= 0.6 is 0 Å². The first kappa shape index (κ1) is 16.4.